The second-order valence-electron chi connectivity index (χ2n) is 7.60. The van der Waals surface area contributed by atoms with Crippen LogP contribution < -0.4 is 10.0 Å². The Labute approximate surface area is 190 Å². The molecule has 0 unspecified atom stereocenters. The van der Waals surface area contributed by atoms with Crippen LogP contribution in [0, 0.1) is 0 Å². The predicted molar refractivity (Wildman–Crippen MR) is 128 cm³/mol. The highest BCUT2D eigenvalue weighted by Crippen LogP contribution is 2.25. The number of carbonyl (C=O) groups is 1. The number of benzene rings is 3. The van der Waals surface area contributed by atoms with Crippen molar-refractivity contribution in [3.05, 3.63) is 103 Å². The third-order valence-corrected chi connectivity index (χ3v) is 6.77. The van der Waals surface area contributed by atoms with Crippen LogP contribution >= 0.6 is 0 Å². The summed E-state index contributed by atoms with van der Waals surface area (Å²) in [7, 11) is -3.76. The number of H-pyrrole nitrogens is 1. The fourth-order valence-corrected chi connectivity index (χ4v) is 4.76. The highest BCUT2D eigenvalue weighted by molar-refractivity contribution is 7.92. The molecular weight excluding hydrogens is 436 g/mol. The Bertz CT molecular complexity index is 1540. The number of rotatable bonds is 6. The van der Waals surface area contributed by atoms with Gasteiger partial charge in [0.2, 0.25) is 0 Å². The molecule has 5 rings (SSSR count). The minimum atomic E-state index is -3.76. The molecule has 0 fully saturated rings. The van der Waals surface area contributed by atoms with Crippen LogP contribution in [0.4, 0.5) is 5.69 Å². The highest BCUT2D eigenvalue weighted by Gasteiger charge is 2.16. The van der Waals surface area contributed by atoms with E-state index in [2.05, 4.69) is 20.0 Å². The van der Waals surface area contributed by atoms with Crippen LogP contribution in [0.25, 0.3) is 21.7 Å². The number of anilines is 1. The minimum absolute atomic E-state index is 0.147. The van der Waals surface area contributed by atoms with Crippen molar-refractivity contribution < 1.29 is 13.2 Å². The molecule has 0 saturated carbocycles. The Morgan fingerprint density at radius 3 is 2.52 bits per heavy atom. The van der Waals surface area contributed by atoms with Crippen LogP contribution in [0.5, 0.6) is 0 Å². The standard InChI is InChI=1S/C25H20N4O3S/c30-25(24-14-19-16-26-13-12-22(19)28-24)27-15-17-8-10-20(11-9-17)33(31,32)29-23-7-3-5-18-4-1-2-6-21(18)23/h1-14,16,28-29H,15H2,(H,27,30). The van der Waals surface area contributed by atoms with E-state index < -0.39 is 10.0 Å². The fourth-order valence-electron chi connectivity index (χ4n) is 3.68. The van der Waals surface area contributed by atoms with Gasteiger partial charge in [0.1, 0.15) is 5.69 Å². The molecule has 8 heteroatoms. The number of amides is 1. The molecule has 0 atom stereocenters. The van der Waals surface area contributed by atoms with E-state index >= 15 is 0 Å². The highest BCUT2D eigenvalue weighted by atomic mass is 32.2. The van der Waals surface area contributed by atoms with E-state index in [1.165, 1.54) is 12.1 Å². The van der Waals surface area contributed by atoms with Gasteiger partial charge >= 0.3 is 0 Å². The first kappa shape index (κ1) is 20.7. The van der Waals surface area contributed by atoms with Crippen LogP contribution in [0.15, 0.2) is 96.2 Å². The van der Waals surface area contributed by atoms with E-state index in [9.17, 15) is 13.2 Å². The normalized spacial score (nSPS) is 11.5. The van der Waals surface area contributed by atoms with Gasteiger partial charge in [-0.25, -0.2) is 8.42 Å². The average molecular weight is 457 g/mol. The number of aromatic amines is 1. The van der Waals surface area contributed by atoms with E-state index in [1.807, 2.05) is 36.4 Å². The number of carbonyl (C=O) groups excluding carboxylic acids is 1. The summed E-state index contributed by atoms with van der Waals surface area (Å²) in [6.07, 6.45) is 3.35. The smallest absolute Gasteiger partial charge is 0.267 e. The van der Waals surface area contributed by atoms with Crippen LogP contribution in [0.3, 0.4) is 0 Å². The number of hydrogen-bond acceptors (Lipinski definition) is 4. The molecule has 5 aromatic rings. The summed E-state index contributed by atoms with van der Waals surface area (Å²) in [5.74, 6) is -0.250. The van der Waals surface area contributed by atoms with Gasteiger partial charge in [0.25, 0.3) is 15.9 Å². The molecule has 3 aromatic carbocycles. The first-order valence-corrected chi connectivity index (χ1v) is 11.8. The molecule has 0 spiro atoms. The molecule has 0 aliphatic rings. The van der Waals surface area contributed by atoms with Gasteiger partial charge in [-0.3, -0.25) is 14.5 Å². The monoisotopic (exact) mass is 456 g/mol. The summed E-state index contributed by atoms with van der Waals surface area (Å²) in [6, 6.07) is 23.1. The summed E-state index contributed by atoms with van der Waals surface area (Å²) in [5.41, 5.74) is 2.59. The molecule has 33 heavy (non-hydrogen) atoms. The summed E-state index contributed by atoms with van der Waals surface area (Å²) < 4.78 is 28.5. The Morgan fingerprint density at radius 1 is 0.909 bits per heavy atom. The molecule has 3 N–H and O–H groups in total. The zero-order chi connectivity index (χ0) is 22.8. The molecule has 1 amide bonds. The maximum absolute atomic E-state index is 12.9. The molecule has 2 aromatic heterocycles. The van der Waals surface area contributed by atoms with Gasteiger partial charge in [-0.2, -0.15) is 0 Å². The van der Waals surface area contributed by atoms with Gasteiger partial charge in [0, 0.05) is 35.2 Å². The summed E-state index contributed by atoms with van der Waals surface area (Å²) in [4.78, 5) is 19.7. The SMILES string of the molecule is O=C(NCc1ccc(S(=O)(=O)Nc2cccc3ccccc23)cc1)c1cc2cnccc2[nH]1. The number of aromatic nitrogens is 2. The Kier molecular flexibility index (Phi) is 5.27. The molecule has 164 valence electrons. The Balaban J connectivity index is 1.28. The third-order valence-electron chi connectivity index (χ3n) is 5.39. The zero-order valence-electron chi connectivity index (χ0n) is 17.4. The van der Waals surface area contributed by atoms with Gasteiger partial charge in [0.05, 0.1) is 10.6 Å². The van der Waals surface area contributed by atoms with Crippen molar-refractivity contribution in [2.45, 2.75) is 11.4 Å². The predicted octanol–water partition coefficient (Wildman–Crippen LogP) is 4.45. The maximum atomic E-state index is 12.9. The zero-order valence-corrected chi connectivity index (χ0v) is 18.3. The van der Waals surface area contributed by atoms with Crippen LogP contribution in [-0.2, 0) is 16.6 Å². The fraction of sp³-hybridized carbons (Fsp3) is 0.0400. The lowest BCUT2D eigenvalue weighted by Crippen LogP contribution is -2.23. The van der Waals surface area contributed by atoms with E-state index in [-0.39, 0.29) is 17.3 Å². The van der Waals surface area contributed by atoms with Crippen molar-refractivity contribution in [3.8, 4) is 0 Å². The second kappa shape index (κ2) is 8.40. The molecule has 0 bridgehead atoms. The minimum Gasteiger partial charge on any atom is -0.350 e. The van der Waals surface area contributed by atoms with Crippen LogP contribution in [0.1, 0.15) is 16.1 Å². The van der Waals surface area contributed by atoms with Gasteiger partial charge < -0.3 is 10.3 Å². The van der Waals surface area contributed by atoms with Crippen molar-refractivity contribution in [2.24, 2.45) is 0 Å². The second-order valence-corrected chi connectivity index (χ2v) is 9.29. The number of hydrogen-bond donors (Lipinski definition) is 3. The lowest BCUT2D eigenvalue weighted by atomic mass is 10.1. The Hall–Kier alpha value is -4.17. The number of sulfonamides is 1. The number of pyridine rings is 1. The van der Waals surface area contributed by atoms with Gasteiger partial charge in [-0.1, -0.05) is 48.5 Å². The number of fused-ring (bicyclic) bond motifs is 2. The quantitative estimate of drug-likeness (QED) is 0.351. The molecular formula is C25H20N4O3S. The van der Waals surface area contributed by atoms with Crippen LogP contribution in [-0.4, -0.2) is 24.3 Å². The van der Waals surface area contributed by atoms with Crippen molar-refractivity contribution in [2.75, 3.05) is 4.72 Å². The van der Waals surface area contributed by atoms with E-state index in [0.29, 0.717) is 11.4 Å². The number of nitrogens with one attached hydrogen (secondary N) is 3. The van der Waals surface area contributed by atoms with Crippen molar-refractivity contribution in [1.82, 2.24) is 15.3 Å². The topological polar surface area (TPSA) is 104 Å². The van der Waals surface area contributed by atoms with E-state index in [0.717, 1.165) is 27.2 Å². The summed E-state index contributed by atoms with van der Waals surface area (Å²) in [5, 5.41) is 5.48. The molecule has 0 saturated heterocycles. The maximum Gasteiger partial charge on any atom is 0.267 e. The van der Waals surface area contributed by atoms with Gasteiger partial charge in [-0.05, 0) is 41.3 Å². The average Bonchev–Trinajstić information content (AvgIpc) is 3.27. The summed E-state index contributed by atoms with van der Waals surface area (Å²) >= 11 is 0. The molecule has 0 radical (unpaired) electrons. The lowest BCUT2D eigenvalue weighted by Gasteiger charge is -2.11. The van der Waals surface area contributed by atoms with Crippen molar-refractivity contribution >= 4 is 43.3 Å². The molecule has 2 heterocycles. The largest absolute Gasteiger partial charge is 0.350 e. The van der Waals surface area contributed by atoms with Gasteiger partial charge in [-0.15, -0.1) is 0 Å². The molecule has 0 aliphatic heterocycles. The van der Waals surface area contributed by atoms with Gasteiger partial charge in [0.15, 0.2) is 0 Å². The molecule has 7 nitrogen and oxygen atoms in total. The van der Waals surface area contributed by atoms with Crippen LogP contribution in [0.2, 0.25) is 0 Å². The van der Waals surface area contributed by atoms with Crippen molar-refractivity contribution in [3.63, 3.8) is 0 Å². The number of nitrogens with zero attached hydrogens (tertiary/aromatic N) is 1. The Morgan fingerprint density at radius 2 is 1.70 bits per heavy atom. The third kappa shape index (κ3) is 4.28. The first-order chi connectivity index (χ1) is 16.0. The van der Waals surface area contributed by atoms with E-state index in [1.54, 1.807) is 42.7 Å². The first-order valence-electron chi connectivity index (χ1n) is 10.3. The lowest BCUT2D eigenvalue weighted by molar-refractivity contribution is 0.0946. The summed E-state index contributed by atoms with van der Waals surface area (Å²) in [6.45, 7) is 0.267. The van der Waals surface area contributed by atoms with E-state index in [4.69, 9.17) is 0 Å². The van der Waals surface area contributed by atoms with Crippen molar-refractivity contribution in [1.29, 1.82) is 0 Å². The molecule has 0 aliphatic carbocycles.